The Morgan fingerprint density at radius 3 is 2.68 bits per heavy atom. The minimum absolute atomic E-state index is 0.0379. The van der Waals surface area contributed by atoms with Crippen molar-refractivity contribution in [3.63, 3.8) is 0 Å². The van der Waals surface area contributed by atoms with E-state index in [0.29, 0.717) is 74.1 Å². The van der Waals surface area contributed by atoms with Crippen LogP contribution in [0.25, 0.3) is 22.2 Å². The van der Waals surface area contributed by atoms with Crippen molar-refractivity contribution in [1.82, 2.24) is 10.1 Å². The third-order valence-electron chi connectivity index (χ3n) is 7.00. The predicted octanol–water partition coefficient (Wildman–Crippen LogP) is 4.43. The van der Waals surface area contributed by atoms with Crippen molar-refractivity contribution in [2.24, 2.45) is 0 Å². The summed E-state index contributed by atoms with van der Waals surface area (Å²) in [5, 5.41) is 8.66. The number of anilines is 2. The van der Waals surface area contributed by atoms with E-state index in [4.69, 9.17) is 13.7 Å². The molecule has 37 heavy (non-hydrogen) atoms. The number of benzene rings is 2. The van der Waals surface area contributed by atoms with Crippen LogP contribution in [0.2, 0.25) is 0 Å². The van der Waals surface area contributed by atoms with Gasteiger partial charge in [0.15, 0.2) is 17.3 Å². The highest BCUT2D eigenvalue weighted by Crippen LogP contribution is 2.45. The Morgan fingerprint density at radius 1 is 1.11 bits per heavy atom. The molecule has 2 aromatic carbocycles. The van der Waals surface area contributed by atoms with E-state index in [1.165, 1.54) is 6.26 Å². The van der Waals surface area contributed by atoms with E-state index >= 15 is 0 Å². The average Bonchev–Trinajstić information content (AvgIpc) is 3.63. The molecule has 0 atom stereocenters. The molecule has 9 nitrogen and oxygen atoms in total. The summed E-state index contributed by atoms with van der Waals surface area (Å²) in [6, 6.07) is 12.9. The molecule has 0 saturated carbocycles. The fraction of sp³-hybridized carbons (Fsp3) is 0.321. The molecule has 1 aliphatic carbocycles. The molecule has 4 aromatic rings. The second-order valence-corrected chi connectivity index (χ2v) is 9.16. The minimum atomic E-state index is -0.109. The lowest BCUT2D eigenvalue weighted by atomic mass is 9.86. The second-order valence-electron chi connectivity index (χ2n) is 9.16. The molecule has 1 saturated heterocycles. The summed E-state index contributed by atoms with van der Waals surface area (Å²) >= 11 is 0. The number of ketones is 1. The molecular formula is C28H28N4O5. The molecular weight excluding hydrogens is 472 g/mol. The third kappa shape index (κ3) is 4.05. The molecule has 0 unspecified atom stereocenters. The van der Waals surface area contributed by atoms with Gasteiger partial charge in [0.1, 0.15) is 5.52 Å². The van der Waals surface area contributed by atoms with Crippen LogP contribution in [0.3, 0.4) is 0 Å². The van der Waals surface area contributed by atoms with E-state index in [1.54, 1.807) is 17.0 Å². The first kappa shape index (κ1) is 23.3. The van der Waals surface area contributed by atoms with Crippen molar-refractivity contribution in [2.75, 3.05) is 56.2 Å². The summed E-state index contributed by atoms with van der Waals surface area (Å²) in [6.07, 6.45) is 2.33. The lowest BCUT2D eigenvalue weighted by Gasteiger charge is -2.36. The molecule has 3 heterocycles. The number of aromatic nitrogens is 1. The van der Waals surface area contributed by atoms with Crippen LogP contribution in [-0.2, 0) is 4.74 Å². The standard InChI is InChI=1S/C28H28N4O5/c1-2-35-15-6-10-29-20-17-21(31-11-13-32(14-12-31)28(34)22-9-5-16-36-22)25-24-23(20)26(33)18-7-3-4-8-19(18)27(24)37-30-25/h3-5,7-9,16-17,29H,2,6,10-15H2,1H3. The maximum atomic E-state index is 13.7. The highest BCUT2D eigenvalue weighted by molar-refractivity contribution is 6.28. The van der Waals surface area contributed by atoms with Crippen LogP contribution < -0.4 is 10.2 Å². The SMILES string of the molecule is CCOCCCNc1cc(N2CCN(C(=O)c3ccco3)CC2)c2noc3c2c1C(=O)c1ccccc1-3. The van der Waals surface area contributed by atoms with Crippen LogP contribution in [0, 0.1) is 0 Å². The van der Waals surface area contributed by atoms with Crippen LogP contribution in [0.1, 0.15) is 39.8 Å². The van der Waals surface area contributed by atoms with Gasteiger partial charge in [0, 0.05) is 62.8 Å². The lowest BCUT2D eigenvalue weighted by Crippen LogP contribution is -2.48. The van der Waals surface area contributed by atoms with E-state index < -0.39 is 0 Å². The topological polar surface area (TPSA) is 101 Å². The average molecular weight is 501 g/mol. The zero-order valence-electron chi connectivity index (χ0n) is 20.7. The minimum Gasteiger partial charge on any atom is -0.459 e. The van der Waals surface area contributed by atoms with Gasteiger partial charge >= 0.3 is 0 Å². The zero-order chi connectivity index (χ0) is 25.4. The molecule has 0 spiro atoms. The molecule has 9 heteroatoms. The number of rotatable bonds is 8. The Balaban J connectivity index is 1.35. The number of nitrogens with zero attached hydrogens (tertiary/aromatic N) is 3. The van der Waals surface area contributed by atoms with Crippen LogP contribution in [0.4, 0.5) is 11.4 Å². The summed E-state index contributed by atoms with van der Waals surface area (Å²) < 4.78 is 16.6. The van der Waals surface area contributed by atoms with Gasteiger partial charge in [0.25, 0.3) is 5.91 Å². The Hall–Kier alpha value is -4.11. The van der Waals surface area contributed by atoms with Gasteiger partial charge in [-0.25, -0.2) is 0 Å². The van der Waals surface area contributed by atoms with Gasteiger partial charge in [-0.05, 0) is 31.5 Å². The molecule has 0 bridgehead atoms. The van der Waals surface area contributed by atoms with Crippen molar-refractivity contribution in [2.45, 2.75) is 13.3 Å². The number of nitrogens with one attached hydrogen (secondary N) is 1. The van der Waals surface area contributed by atoms with Gasteiger partial charge in [-0.1, -0.05) is 29.4 Å². The van der Waals surface area contributed by atoms with Crippen LogP contribution in [0.5, 0.6) is 0 Å². The monoisotopic (exact) mass is 500 g/mol. The van der Waals surface area contributed by atoms with Gasteiger partial charge in [-0.3, -0.25) is 9.59 Å². The maximum absolute atomic E-state index is 13.7. The summed E-state index contributed by atoms with van der Waals surface area (Å²) in [5.41, 5.74) is 4.28. The Bertz CT molecular complexity index is 1450. The first-order valence-electron chi connectivity index (χ1n) is 12.7. The number of piperazine rings is 1. The summed E-state index contributed by atoms with van der Waals surface area (Å²) in [7, 11) is 0. The highest BCUT2D eigenvalue weighted by Gasteiger charge is 2.34. The third-order valence-corrected chi connectivity index (χ3v) is 7.00. The highest BCUT2D eigenvalue weighted by atomic mass is 16.5. The molecule has 0 radical (unpaired) electrons. The van der Waals surface area contributed by atoms with Crippen molar-refractivity contribution >= 4 is 34.0 Å². The van der Waals surface area contributed by atoms with Crippen LogP contribution in [0.15, 0.2) is 57.7 Å². The van der Waals surface area contributed by atoms with Crippen LogP contribution in [-0.4, -0.2) is 67.7 Å². The summed E-state index contributed by atoms with van der Waals surface area (Å²) in [6.45, 7) is 6.31. The maximum Gasteiger partial charge on any atom is 0.289 e. The largest absolute Gasteiger partial charge is 0.459 e. The molecule has 1 fully saturated rings. The van der Waals surface area contributed by atoms with Crippen molar-refractivity contribution in [3.05, 3.63) is 65.6 Å². The number of hydrogen-bond donors (Lipinski definition) is 1. The van der Waals surface area contributed by atoms with Gasteiger partial charge in [0.05, 0.1) is 22.9 Å². The Morgan fingerprint density at radius 2 is 1.92 bits per heavy atom. The molecule has 1 aliphatic heterocycles. The van der Waals surface area contributed by atoms with Gasteiger partial charge in [-0.2, -0.15) is 0 Å². The number of fused-ring (bicyclic) bond motifs is 2. The van der Waals surface area contributed by atoms with E-state index in [-0.39, 0.29) is 11.7 Å². The second kappa shape index (κ2) is 9.74. The Kier molecular flexibility index (Phi) is 6.13. The zero-order valence-corrected chi connectivity index (χ0v) is 20.7. The smallest absolute Gasteiger partial charge is 0.289 e. The molecule has 190 valence electrons. The summed E-state index contributed by atoms with van der Waals surface area (Å²) in [4.78, 5) is 30.4. The number of carbonyl (C=O) groups is 2. The van der Waals surface area contributed by atoms with Gasteiger partial charge in [-0.15, -0.1) is 0 Å². The van der Waals surface area contributed by atoms with E-state index in [9.17, 15) is 9.59 Å². The number of amides is 1. The molecule has 1 N–H and O–H groups in total. The molecule has 6 rings (SSSR count). The van der Waals surface area contributed by atoms with E-state index in [2.05, 4.69) is 15.4 Å². The predicted molar refractivity (Wildman–Crippen MR) is 139 cm³/mol. The molecule has 2 aromatic heterocycles. The van der Waals surface area contributed by atoms with Gasteiger partial charge in [0.2, 0.25) is 0 Å². The fourth-order valence-electron chi connectivity index (χ4n) is 5.17. The van der Waals surface area contributed by atoms with Gasteiger partial charge < -0.3 is 28.8 Å². The number of carbonyl (C=O) groups excluding carboxylic acids is 2. The van der Waals surface area contributed by atoms with Crippen molar-refractivity contribution in [3.8, 4) is 11.3 Å². The lowest BCUT2D eigenvalue weighted by molar-refractivity contribution is 0.0714. The normalized spacial score (nSPS) is 14.8. The molecule has 1 amide bonds. The van der Waals surface area contributed by atoms with Crippen molar-refractivity contribution < 1.29 is 23.3 Å². The van der Waals surface area contributed by atoms with E-state index in [0.717, 1.165) is 28.7 Å². The number of hydrogen-bond acceptors (Lipinski definition) is 8. The first-order valence-corrected chi connectivity index (χ1v) is 12.7. The fourth-order valence-corrected chi connectivity index (χ4v) is 5.17. The molecule has 2 aliphatic rings. The number of furan rings is 1. The first-order chi connectivity index (χ1) is 18.2. The van der Waals surface area contributed by atoms with E-state index in [1.807, 2.05) is 37.3 Å². The quantitative estimate of drug-likeness (QED) is 0.312. The number of ether oxygens (including phenoxy) is 1. The Labute approximate surface area is 213 Å². The van der Waals surface area contributed by atoms with Crippen LogP contribution >= 0.6 is 0 Å². The summed E-state index contributed by atoms with van der Waals surface area (Å²) in [5.74, 6) is 0.816. The van der Waals surface area contributed by atoms with Crippen molar-refractivity contribution in [1.29, 1.82) is 0 Å².